The Morgan fingerprint density at radius 3 is 2.54 bits per heavy atom. The molecule has 2 atom stereocenters. The second kappa shape index (κ2) is 7.77. The van der Waals surface area contributed by atoms with Crippen LogP contribution in [0.1, 0.15) is 24.0 Å². The van der Waals surface area contributed by atoms with Crippen LogP contribution in [0.3, 0.4) is 0 Å². The largest absolute Gasteiger partial charge is 0.506 e. The minimum absolute atomic E-state index is 0.106. The van der Waals surface area contributed by atoms with Crippen LogP contribution in [0.5, 0.6) is 5.75 Å². The first-order chi connectivity index (χ1) is 12.6. The first kappa shape index (κ1) is 18.1. The number of phenolic OH excluding ortho intramolecular Hbond substituents is 1. The minimum Gasteiger partial charge on any atom is -0.506 e. The third-order valence-electron chi connectivity index (χ3n) is 5.68. The third-order valence-corrected chi connectivity index (χ3v) is 6.45. The quantitative estimate of drug-likeness (QED) is 0.812. The number of fused-ring (bicyclic) bond motifs is 4. The van der Waals surface area contributed by atoms with Crippen molar-refractivity contribution in [2.24, 2.45) is 5.92 Å². The molecule has 5 rings (SSSR count). The second-order valence-corrected chi connectivity index (χ2v) is 8.35. The molecule has 3 fully saturated rings. The van der Waals surface area contributed by atoms with Gasteiger partial charge in [-0.15, -0.1) is 0 Å². The number of benzene rings is 2. The summed E-state index contributed by atoms with van der Waals surface area (Å²) in [5.41, 5.74) is 2.22. The average Bonchev–Trinajstić information content (AvgIpc) is 2.94. The molecule has 3 nitrogen and oxygen atoms in total. The molecular formula is C21H24Cl2N2O. The van der Waals surface area contributed by atoms with Crippen molar-refractivity contribution in [2.45, 2.75) is 32.0 Å². The number of aromatic hydroxyl groups is 1. The maximum Gasteiger partial charge on any atom is 0.134 e. The molecule has 2 aromatic rings. The Bertz CT molecular complexity index is 768. The zero-order valence-corrected chi connectivity index (χ0v) is 16.3. The molecule has 0 saturated carbocycles. The van der Waals surface area contributed by atoms with Crippen LogP contribution in [0.25, 0.3) is 0 Å². The van der Waals surface area contributed by atoms with E-state index in [9.17, 15) is 5.11 Å². The Morgan fingerprint density at radius 1 is 0.923 bits per heavy atom. The van der Waals surface area contributed by atoms with Gasteiger partial charge in [0.2, 0.25) is 0 Å². The molecule has 3 aliphatic rings. The van der Waals surface area contributed by atoms with Gasteiger partial charge in [-0.05, 0) is 36.5 Å². The van der Waals surface area contributed by atoms with E-state index >= 15 is 0 Å². The predicted molar refractivity (Wildman–Crippen MR) is 107 cm³/mol. The van der Waals surface area contributed by atoms with Crippen molar-refractivity contribution >= 4 is 23.2 Å². The minimum atomic E-state index is 0.106. The van der Waals surface area contributed by atoms with Gasteiger partial charge in [0.15, 0.2) is 0 Å². The summed E-state index contributed by atoms with van der Waals surface area (Å²) in [6, 6.07) is 14.6. The molecule has 2 bridgehead atoms. The SMILES string of the molecule is Oc1ccc(Cl)c(CN2C[C@H]3CC[C@@H](C2)N(Cc2ccccc2)C3)c1Cl. The zero-order valence-electron chi connectivity index (χ0n) is 14.7. The van der Waals surface area contributed by atoms with Crippen molar-refractivity contribution < 1.29 is 5.11 Å². The average molecular weight is 391 g/mol. The molecule has 26 heavy (non-hydrogen) atoms. The Hall–Kier alpha value is -1.26. The van der Waals surface area contributed by atoms with E-state index in [1.807, 2.05) is 0 Å². The Labute approximate surface area is 165 Å². The fourth-order valence-corrected chi connectivity index (χ4v) is 4.86. The lowest BCUT2D eigenvalue weighted by molar-refractivity contribution is 0.123. The molecular weight excluding hydrogens is 367 g/mol. The molecule has 0 amide bonds. The summed E-state index contributed by atoms with van der Waals surface area (Å²) in [5.74, 6) is 0.780. The van der Waals surface area contributed by atoms with E-state index < -0.39 is 0 Å². The van der Waals surface area contributed by atoms with Crippen molar-refractivity contribution in [1.82, 2.24) is 9.80 Å². The highest BCUT2D eigenvalue weighted by atomic mass is 35.5. The van der Waals surface area contributed by atoms with E-state index in [2.05, 4.69) is 40.1 Å². The van der Waals surface area contributed by atoms with E-state index in [0.29, 0.717) is 28.5 Å². The molecule has 3 heterocycles. The van der Waals surface area contributed by atoms with E-state index in [1.54, 1.807) is 12.1 Å². The van der Waals surface area contributed by atoms with Crippen molar-refractivity contribution in [3.05, 3.63) is 63.6 Å². The van der Waals surface area contributed by atoms with E-state index in [1.165, 1.54) is 18.4 Å². The van der Waals surface area contributed by atoms with Crippen LogP contribution in [0, 0.1) is 5.92 Å². The lowest BCUT2D eigenvalue weighted by atomic mass is 9.94. The summed E-state index contributed by atoms with van der Waals surface area (Å²) < 4.78 is 0. The summed E-state index contributed by atoms with van der Waals surface area (Å²) in [6.45, 7) is 4.94. The number of piperidine rings is 1. The number of halogens is 2. The molecule has 2 aromatic carbocycles. The molecule has 1 N–H and O–H groups in total. The smallest absolute Gasteiger partial charge is 0.134 e. The van der Waals surface area contributed by atoms with Crippen molar-refractivity contribution in [1.29, 1.82) is 0 Å². The van der Waals surface area contributed by atoms with Crippen LogP contribution in [-0.4, -0.2) is 40.6 Å². The Balaban J connectivity index is 1.49. The predicted octanol–water partition coefficient (Wildman–Crippen LogP) is 4.80. The molecule has 0 radical (unpaired) electrons. The number of phenols is 1. The van der Waals surface area contributed by atoms with E-state index in [0.717, 1.165) is 31.7 Å². The number of hydrogen-bond donors (Lipinski definition) is 1. The highest BCUT2D eigenvalue weighted by Gasteiger charge is 2.35. The van der Waals surface area contributed by atoms with Crippen molar-refractivity contribution in [3.63, 3.8) is 0 Å². The maximum atomic E-state index is 9.91. The molecule has 3 aliphatic heterocycles. The summed E-state index contributed by atoms with van der Waals surface area (Å²) in [7, 11) is 0. The first-order valence-electron chi connectivity index (χ1n) is 9.26. The van der Waals surface area contributed by atoms with Crippen molar-refractivity contribution in [3.8, 4) is 5.75 Å². The van der Waals surface area contributed by atoms with Gasteiger partial charge in [0.25, 0.3) is 0 Å². The number of hydrogen-bond acceptors (Lipinski definition) is 3. The molecule has 138 valence electrons. The van der Waals surface area contributed by atoms with Gasteiger partial charge in [0.1, 0.15) is 5.75 Å². The van der Waals surface area contributed by atoms with E-state index in [4.69, 9.17) is 23.2 Å². The van der Waals surface area contributed by atoms with Gasteiger partial charge in [-0.25, -0.2) is 0 Å². The molecule has 0 unspecified atom stereocenters. The van der Waals surface area contributed by atoms with Gasteiger partial charge in [0, 0.05) is 49.4 Å². The topological polar surface area (TPSA) is 26.7 Å². The maximum absolute atomic E-state index is 9.91. The lowest BCUT2D eigenvalue weighted by Crippen LogP contribution is -2.43. The van der Waals surface area contributed by atoms with Crippen LogP contribution < -0.4 is 0 Å². The fraction of sp³-hybridized carbons (Fsp3) is 0.429. The summed E-state index contributed by atoms with van der Waals surface area (Å²) in [6.07, 6.45) is 2.53. The van der Waals surface area contributed by atoms with Gasteiger partial charge in [-0.2, -0.15) is 0 Å². The summed E-state index contributed by atoms with van der Waals surface area (Å²) in [4.78, 5) is 5.09. The van der Waals surface area contributed by atoms with Gasteiger partial charge >= 0.3 is 0 Å². The monoisotopic (exact) mass is 390 g/mol. The summed E-state index contributed by atoms with van der Waals surface area (Å²) >= 11 is 12.7. The second-order valence-electron chi connectivity index (χ2n) is 7.57. The highest BCUT2D eigenvalue weighted by Crippen LogP contribution is 2.35. The zero-order chi connectivity index (χ0) is 18.1. The van der Waals surface area contributed by atoms with Crippen LogP contribution >= 0.6 is 23.2 Å². The Morgan fingerprint density at radius 2 is 1.73 bits per heavy atom. The lowest BCUT2D eigenvalue weighted by Gasteiger charge is -2.36. The highest BCUT2D eigenvalue weighted by molar-refractivity contribution is 6.36. The Kier molecular flexibility index (Phi) is 5.42. The van der Waals surface area contributed by atoms with Gasteiger partial charge < -0.3 is 5.11 Å². The standard InChI is InChI=1S/C21H24Cl2N2O/c22-19-8-9-20(26)21(23)18(19)14-24-10-16-6-7-17(13-24)25(12-16)11-15-4-2-1-3-5-15/h1-5,8-9,16-17,26H,6-7,10-14H2/t16-,17+/m1/s1. The molecule has 5 heteroatoms. The van der Waals surface area contributed by atoms with Gasteiger partial charge in [-0.1, -0.05) is 53.5 Å². The van der Waals surface area contributed by atoms with Crippen LogP contribution in [0.4, 0.5) is 0 Å². The van der Waals surface area contributed by atoms with Gasteiger partial charge in [-0.3, -0.25) is 9.80 Å². The summed E-state index contributed by atoms with van der Waals surface area (Å²) in [5, 5.41) is 10.9. The molecule has 0 aliphatic carbocycles. The number of rotatable bonds is 4. The van der Waals surface area contributed by atoms with Gasteiger partial charge in [0.05, 0.1) is 5.02 Å². The molecule has 0 spiro atoms. The first-order valence-corrected chi connectivity index (χ1v) is 10.0. The normalized spacial score (nSPS) is 23.9. The van der Waals surface area contributed by atoms with Crippen LogP contribution in [0.15, 0.2) is 42.5 Å². The number of nitrogens with zero attached hydrogens (tertiary/aromatic N) is 2. The third kappa shape index (κ3) is 3.86. The van der Waals surface area contributed by atoms with E-state index in [-0.39, 0.29) is 5.75 Å². The van der Waals surface area contributed by atoms with Crippen LogP contribution in [0.2, 0.25) is 10.0 Å². The molecule has 0 aromatic heterocycles. The van der Waals surface area contributed by atoms with Crippen LogP contribution in [-0.2, 0) is 13.1 Å². The van der Waals surface area contributed by atoms with Crippen molar-refractivity contribution in [2.75, 3.05) is 19.6 Å². The molecule has 3 saturated heterocycles. The fourth-order valence-electron chi connectivity index (χ4n) is 4.37.